The molecule has 0 unspecified atom stereocenters. The zero-order chi connectivity index (χ0) is 11.3. The Hall–Kier alpha value is -1.09. The molecule has 0 aliphatic heterocycles. The third kappa shape index (κ3) is 4.30. The van der Waals surface area contributed by atoms with Crippen LogP contribution in [0, 0.1) is 12.7 Å². The highest BCUT2D eigenvalue weighted by Gasteiger charge is 1.99. The van der Waals surface area contributed by atoms with Crippen molar-refractivity contribution in [3.8, 4) is 5.75 Å². The smallest absolute Gasteiger partial charge is 0.126 e. The van der Waals surface area contributed by atoms with E-state index in [2.05, 4.69) is 4.90 Å². The van der Waals surface area contributed by atoms with Crippen LogP contribution in [-0.2, 0) is 0 Å². The molecule has 0 fully saturated rings. The summed E-state index contributed by atoms with van der Waals surface area (Å²) in [5.74, 6) is 0.559. The lowest BCUT2D eigenvalue weighted by Crippen LogP contribution is -2.15. The summed E-state index contributed by atoms with van der Waals surface area (Å²) in [6.45, 7) is 3.41. The van der Waals surface area contributed by atoms with Crippen molar-refractivity contribution in [1.29, 1.82) is 0 Å². The maximum atomic E-state index is 12.9. The number of halogens is 1. The third-order valence-corrected chi connectivity index (χ3v) is 2.15. The Bertz CT molecular complexity index is 312. The first kappa shape index (κ1) is 12.0. The highest BCUT2D eigenvalue weighted by molar-refractivity contribution is 5.28. The Labute approximate surface area is 90.7 Å². The predicted octanol–water partition coefficient (Wildman–Crippen LogP) is 2.46. The molecule has 0 heterocycles. The SMILES string of the molecule is Cc1cc(OCCCN(C)C)ccc1F. The van der Waals surface area contributed by atoms with Crippen molar-refractivity contribution in [3.05, 3.63) is 29.6 Å². The minimum absolute atomic E-state index is 0.185. The maximum absolute atomic E-state index is 12.9. The molecule has 0 spiro atoms. The van der Waals surface area contributed by atoms with Crippen LogP contribution in [0.4, 0.5) is 4.39 Å². The molecule has 15 heavy (non-hydrogen) atoms. The van der Waals surface area contributed by atoms with E-state index >= 15 is 0 Å². The molecule has 0 atom stereocenters. The van der Waals surface area contributed by atoms with Crippen molar-refractivity contribution in [1.82, 2.24) is 4.90 Å². The number of nitrogens with zero attached hydrogens (tertiary/aromatic N) is 1. The lowest BCUT2D eigenvalue weighted by Gasteiger charge is -2.10. The van der Waals surface area contributed by atoms with Gasteiger partial charge in [0.1, 0.15) is 11.6 Å². The molecule has 0 bridgehead atoms. The highest BCUT2D eigenvalue weighted by Crippen LogP contribution is 2.15. The number of ether oxygens (including phenoxy) is 1. The van der Waals surface area contributed by atoms with Crippen LogP contribution in [0.2, 0.25) is 0 Å². The minimum Gasteiger partial charge on any atom is -0.494 e. The van der Waals surface area contributed by atoms with Crippen molar-refractivity contribution in [2.75, 3.05) is 27.2 Å². The van der Waals surface area contributed by atoms with Crippen molar-refractivity contribution in [2.45, 2.75) is 13.3 Å². The van der Waals surface area contributed by atoms with E-state index < -0.39 is 0 Å². The summed E-state index contributed by atoms with van der Waals surface area (Å²) in [6.07, 6.45) is 0.976. The second-order valence-electron chi connectivity index (χ2n) is 3.92. The molecule has 0 aromatic heterocycles. The minimum atomic E-state index is -0.185. The fraction of sp³-hybridized carbons (Fsp3) is 0.500. The largest absolute Gasteiger partial charge is 0.494 e. The fourth-order valence-corrected chi connectivity index (χ4v) is 1.28. The van der Waals surface area contributed by atoms with Crippen molar-refractivity contribution < 1.29 is 9.13 Å². The summed E-state index contributed by atoms with van der Waals surface area (Å²) < 4.78 is 18.4. The number of hydrogen-bond acceptors (Lipinski definition) is 2. The van der Waals surface area contributed by atoms with Gasteiger partial charge in [-0.2, -0.15) is 0 Å². The maximum Gasteiger partial charge on any atom is 0.126 e. The lowest BCUT2D eigenvalue weighted by atomic mass is 10.2. The zero-order valence-electron chi connectivity index (χ0n) is 9.59. The average molecular weight is 211 g/mol. The molecule has 0 amide bonds. The lowest BCUT2D eigenvalue weighted by molar-refractivity contribution is 0.281. The van der Waals surface area contributed by atoms with Gasteiger partial charge in [-0.05, 0) is 51.2 Å². The van der Waals surface area contributed by atoms with Crippen molar-refractivity contribution >= 4 is 0 Å². The van der Waals surface area contributed by atoms with Gasteiger partial charge in [-0.3, -0.25) is 0 Å². The fourth-order valence-electron chi connectivity index (χ4n) is 1.28. The first-order valence-electron chi connectivity index (χ1n) is 5.13. The van der Waals surface area contributed by atoms with Gasteiger partial charge in [0.15, 0.2) is 0 Å². The molecule has 1 aromatic rings. The molecular weight excluding hydrogens is 193 g/mol. The van der Waals surface area contributed by atoms with Gasteiger partial charge in [-0.25, -0.2) is 4.39 Å². The van der Waals surface area contributed by atoms with E-state index in [0.29, 0.717) is 12.2 Å². The highest BCUT2D eigenvalue weighted by atomic mass is 19.1. The zero-order valence-corrected chi connectivity index (χ0v) is 9.59. The molecule has 0 saturated heterocycles. The van der Waals surface area contributed by atoms with E-state index in [-0.39, 0.29) is 5.82 Å². The quantitative estimate of drug-likeness (QED) is 0.694. The Morgan fingerprint density at radius 2 is 2.07 bits per heavy atom. The monoisotopic (exact) mass is 211 g/mol. The normalized spacial score (nSPS) is 10.7. The Kier molecular flexibility index (Phi) is 4.56. The second-order valence-corrected chi connectivity index (χ2v) is 3.92. The summed E-state index contributed by atoms with van der Waals surface area (Å²) in [7, 11) is 4.06. The Morgan fingerprint density at radius 1 is 1.33 bits per heavy atom. The predicted molar refractivity (Wildman–Crippen MR) is 59.8 cm³/mol. The molecule has 0 aliphatic carbocycles. The standard InChI is InChI=1S/C12H18FNO/c1-10-9-11(5-6-12(10)13)15-8-4-7-14(2)3/h5-6,9H,4,7-8H2,1-3H3. The summed E-state index contributed by atoms with van der Waals surface area (Å²) in [6, 6.07) is 4.83. The van der Waals surface area contributed by atoms with E-state index in [1.54, 1.807) is 19.1 Å². The summed E-state index contributed by atoms with van der Waals surface area (Å²) >= 11 is 0. The van der Waals surface area contributed by atoms with Gasteiger partial charge in [0, 0.05) is 6.54 Å². The Morgan fingerprint density at radius 3 is 2.67 bits per heavy atom. The molecule has 0 radical (unpaired) electrons. The second kappa shape index (κ2) is 5.71. The van der Waals surface area contributed by atoms with E-state index in [0.717, 1.165) is 18.7 Å². The van der Waals surface area contributed by atoms with Gasteiger partial charge >= 0.3 is 0 Å². The summed E-state index contributed by atoms with van der Waals surface area (Å²) in [5.41, 5.74) is 0.625. The molecule has 0 saturated carbocycles. The van der Waals surface area contributed by atoms with Crippen molar-refractivity contribution in [2.24, 2.45) is 0 Å². The van der Waals surface area contributed by atoms with E-state index in [1.165, 1.54) is 6.07 Å². The number of hydrogen-bond donors (Lipinski definition) is 0. The van der Waals surface area contributed by atoms with Gasteiger partial charge in [0.25, 0.3) is 0 Å². The van der Waals surface area contributed by atoms with Gasteiger partial charge in [0.2, 0.25) is 0 Å². The molecule has 1 aromatic carbocycles. The molecule has 1 rings (SSSR count). The van der Waals surface area contributed by atoms with Crippen LogP contribution in [0.1, 0.15) is 12.0 Å². The van der Waals surface area contributed by atoms with Gasteiger partial charge in [-0.1, -0.05) is 0 Å². The van der Waals surface area contributed by atoms with Crippen LogP contribution < -0.4 is 4.74 Å². The molecule has 2 nitrogen and oxygen atoms in total. The Balaban J connectivity index is 2.35. The van der Waals surface area contributed by atoms with E-state index in [1.807, 2.05) is 14.1 Å². The van der Waals surface area contributed by atoms with Crippen LogP contribution in [0.15, 0.2) is 18.2 Å². The topological polar surface area (TPSA) is 12.5 Å². The summed E-state index contributed by atoms with van der Waals surface area (Å²) in [4.78, 5) is 2.11. The molecular formula is C12H18FNO. The van der Waals surface area contributed by atoms with Crippen LogP contribution in [0.25, 0.3) is 0 Å². The van der Waals surface area contributed by atoms with E-state index in [9.17, 15) is 4.39 Å². The molecule has 84 valence electrons. The molecule has 0 aliphatic rings. The van der Waals surface area contributed by atoms with E-state index in [4.69, 9.17) is 4.74 Å². The number of aryl methyl sites for hydroxylation is 1. The van der Waals surface area contributed by atoms with Gasteiger partial charge in [0.05, 0.1) is 6.61 Å². The molecule has 3 heteroatoms. The van der Waals surface area contributed by atoms with Gasteiger partial charge < -0.3 is 9.64 Å². The van der Waals surface area contributed by atoms with Crippen LogP contribution in [0.5, 0.6) is 5.75 Å². The molecule has 0 N–H and O–H groups in total. The average Bonchev–Trinajstić information content (AvgIpc) is 2.18. The van der Waals surface area contributed by atoms with Gasteiger partial charge in [-0.15, -0.1) is 0 Å². The van der Waals surface area contributed by atoms with Crippen LogP contribution >= 0.6 is 0 Å². The number of benzene rings is 1. The summed E-state index contributed by atoms with van der Waals surface area (Å²) in [5, 5.41) is 0. The van der Waals surface area contributed by atoms with Crippen molar-refractivity contribution in [3.63, 3.8) is 0 Å². The first-order valence-corrected chi connectivity index (χ1v) is 5.13. The van der Waals surface area contributed by atoms with Crippen LogP contribution in [-0.4, -0.2) is 32.1 Å². The third-order valence-electron chi connectivity index (χ3n) is 2.15. The number of rotatable bonds is 5. The van der Waals surface area contributed by atoms with Crippen LogP contribution in [0.3, 0.4) is 0 Å². The first-order chi connectivity index (χ1) is 7.09.